The minimum Gasteiger partial charge on any atom is -0.369 e. The van der Waals surface area contributed by atoms with E-state index in [9.17, 15) is 14.9 Å². The van der Waals surface area contributed by atoms with Crippen LogP contribution < -0.4 is 16.1 Å². The van der Waals surface area contributed by atoms with Crippen LogP contribution in [0.5, 0.6) is 0 Å². The Morgan fingerprint density at radius 2 is 2.13 bits per heavy atom. The molecular formula is C15H16N6O2. The van der Waals surface area contributed by atoms with E-state index in [0.717, 1.165) is 19.5 Å². The van der Waals surface area contributed by atoms with Gasteiger partial charge >= 0.3 is 5.69 Å². The Morgan fingerprint density at radius 3 is 2.74 bits per heavy atom. The van der Waals surface area contributed by atoms with Crippen LogP contribution in [-0.4, -0.2) is 33.3 Å². The molecule has 1 aliphatic heterocycles. The molecule has 2 aromatic heterocycles. The normalized spacial score (nSPS) is 16.3. The zero-order chi connectivity index (χ0) is 16.6. The molecular weight excluding hydrogens is 296 g/mol. The number of aromatic nitrogens is 4. The van der Waals surface area contributed by atoms with Crippen LogP contribution in [0.15, 0.2) is 21.9 Å². The van der Waals surface area contributed by atoms with E-state index in [4.69, 9.17) is 0 Å². The Kier molecular flexibility index (Phi) is 3.48. The first-order valence-electron chi connectivity index (χ1n) is 7.25. The highest BCUT2D eigenvalue weighted by atomic mass is 16.2. The van der Waals surface area contributed by atoms with E-state index in [1.54, 1.807) is 6.07 Å². The molecule has 3 heterocycles. The number of hydrogen-bond acceptors (Lipinski definition) is 6. The number of nitrogens with zero attached hydrogens (tertiary/aromatic N) is 4. The molecule has 0 amide bonds. The molecule has 1 fully saturated rings. The number of rotatable bonds is 2. The summed E-state index contributed by atoms with van der Waals surface area (Å²) in [4.78, 5) is 29.7. The lowest BCUT2D eigenvalue weighted by Crippen LogP contribution is -2.25. The summed E-state index contributed by atoms with van der Waals surface area (Å²) in [6.07, 6.45) is 2.31. The first-order chi connectivity index (χ1) is 10.9. The Bertz CT molecular complexity index is 905. The Balaban J connectivity index is 2.08. The average Bonchev–Trinajstić information content (AvgIpc) is 2.87. The van der Waals surface area contributed by atoms with Crippen LogP contribution in [0.1, 0.15) is 26.0 Å². The Morgan fingerprint density at radius 1 is 1.35 bits per heavy atom. The molecule has 3 rings (SSSR count). The van der Waals surface area contributed by atoms with Crippen molar-refractivity contribution in [2.75, 3.05) is 18.0 Å². The number of H-pyrrole nitrogens is 2. The van der Waals surface area contributed by atoms with Gasteiger partial charge in [-0.15, -0.1) is 10.2 Å². The highest BCUT2D eigenvalue weighted by Crippen LogP contribution is 2.34. The lowest BCUT2D eigenvalue weighted by atomic mass is 9.93. The van der Waals surface area contributed by atoms with Crippen molar-refractivity contribution in [1.82, 2.24) is 20.2 Å². The van der Waals surface area contributed by atoms with E-state index >= 15 is 0 Å². The SMILES string of the molecule is CC1(C)CCN(c2cc(-c3c[nH]c(=O)[nH]c3=O)nnc2C#N)C1. The smallest absolute Gasteiger partial charge is 0.325 e. The van der Waals surface area contributed by atoms with Crippen molar-refractivity contribution in [2.45, 2.75) is 20.3 Å². The molecule has 0 atom stereocenters. The van der Waals surface area contributed by atoms with Crippen LogP contribution >= 0.6 is 0 Å². The second-order valence-corrected chi connectivity index (χ2v) is 6.40. The van der Waals surface area contributed by atoms with Gasteiger partial charge in [-0.2, -0.15) is 5.26 Å². The fraction of sp³-hybridized carbons (Fsp3) is 0.400. The van der Waals surface area contributed by atoms with Crippen molar-refractivity contribution in [3.63, 3.8) is 0 Å². The lowest BCUT2D eigenvalue weighted by molar-refractivity contribution is 0.418. The van der Waals surface area contributed by atoms with Gasteiger partial charge in [0.25, 0.3) is 5.56 Å². The maximum Gasteiger partial charge on any atom is 0.325 e. The summed E-state index contributed by atoms with van der Waals surface area (Å²) in [5, 5.41) is 17.1. The number of hydrogen-bond donors (Lipinski definition) is 2. The number of nitriles is 1. The summed E-state index contributed by atoms with van der Waals surface area (Å²) in [6, 6.07) is 3.72. The van der Waals surface area contributed by atoms with E-state index in [-0.39, 0.29) is 16.7 Å². The summed E-state index contributed by atoms with van der Waals surface area (Å²) in [5.74, 6) is 0. The molecule has 0 aliphatic carbocycles. The molecule has 1 aliphatic rings. The quantitative estimate of drug-likeness (QED) is 0.839. The van der Waals surface area contributed by atoms with Gasteiger partial charge in [0.2, 0.25) is 0 Å². The van der Waals surface area contributed by atoms with Gasteiger partial charge in [0, 0.05) is 19.3 Å². The second-order valence-electron chi connectivity index (χ2n) is 6.40. The number of aromatic amines is 2. The second kappa shape index (κ2) is 5.35. The van der Waals surface area contributed by atoms with Gasteiger partial charge in [-0.3, -0.25) is 9.78 Å². The highest BCUT2D eigenvalue weighted by molar-refractivity contribution is 5.66. The van der Waals surface area contributed by atoms with Gasteiger partial charge in [-0.1, -0.05) is 13.8 Å². The Hall–Kier alpha value is -2.95. The molecule has 8 heteroatoms. The van der Waals surface area contributed by atoms with Gasteiger partial charge in [-0.25, -0.2) is 4.79 Å². The first kappa shape index (κ1) is 15.0. The molecule has 0 bridgehead atoms. The third-order valence-electron chi connectivity index (χ3n) is 3.99. The molecule has 0 radical (unpaired) electrons. The van der Waals surface area contributed by atoms with Crippen molar-refractivity contribution in [3.05, 3.63) is 38.8 Å². The topological polar surface area (TPSA) is 119 Å². The number of anilines is 1. The molecule has 118 valence electrons. The van der Waals surface area contributed by atoms with Gasteiger partial charge in [0.1, 0.15) is 11.8 Å². The predicted molar refractivity (Wildman–Crippen MR) is 84.0 cm³/mol. The summed E-state index contributed by atoms with van der Waals surface area (Å²) in [7, 11) is 0. The average molecular weight is 312 g/mol. The maximum absolute atomic E-state index is 11.9. The van der Waals surface area contributed by atoms with Crippen molar-refractivity contribution >= 4 is 5.69 Å². The Labute approximate surface area is 131 Å². The van der Waals surface area contributed by atoms with Crippen molar-refractivity contribution in [1.29, 1.82) is 5.26 Å². The lowest BCUT2D eigenvalue weighted by Gasteiger charge is -2.22. The van der Waals surface area contributed by atoms with E-state index in [2.05, 4.69) is 38.9 Å². The fourth-order valence-corrected chi connectivity index (χ4v) is 2.75. The summed E-state index contributed by atoms with van der Waals surface area (Å²) < 4.78 is 0. The van der Waals surface area contributed by atoms with Crippen LogP contribution in [0.2, 0.25) is 0 Å². The molecule has 1 saturated heterocycles. The van der Waals surface area contributed by atoms with Crippen molar-refractivity contribution in [2.24, 2.45) is 5.41 Å². The molecule has 2 aromatic rings. The minimum atomic E-state index is -0.582. The van der Waals surface area contributed by atoms with E-state index in [1.807, 2.05) is 6.07 Å². The first-order valence-corrected chi connectivity index (χ1v) is 7.25. The molecule has 23 heavy (non-hydrogen) atoms. The van der Waals surface area contributed by atoms with E-state index in [0.29, 0.717) is 11.4 Å². The van der Waals surface area contributed by atoms with Crippen LogP contribution in [0, 0.1) is 16.7 Å². The van der Waals surface area contributed by atoms with Gasteiger partial charge in [-0.05, 0) is 17.9 Å². The largest absolute Gasteiger partial charge is 0.369 e. The molecule has 0 spiro atoms. The van der Waals surface area contributed by atoms with Crippen molar-refractivity contribution in [3.8, 4) is 17.3 Å². The fourth-order valence-electron chi connectivity index (χ4n) is 2.75. The molecule has 0 saturated carbocycles. The van der Waals surface area contributed by atoms with Crippen molar-refractivity contribution < 1.29 is 0 Å². The minimum absolute atomic E-state index is 0.158. The zero-order valence-electron chi connectivity index (χ0n) is 12.9. The molecule has 0 unspecified atom stereocenters. The van der Waals surface area contributed by atoms with Gasteiger partial charge in [0.15, 0.2) is 5.69 Å². The third kappa shape index (κ3) is 2.85. The molecule has 0 aromatic carbocycles. The monoisotopic (exact) mass is 312 g/mol. The van der Waals surface area contributed by atoms with Crippen LogP contribution in [0.3, 0.4) is 0 Å². The molecule has 2 N–H and O–H groups in total. The zero-order valence-corrected chi connectivity index (χ0v) is 12.9. The summed E-state index contributed by atoms with van der Waals surface area (Å²) >= 11 is 0. The third-order valence-corrected chi connectivity index (χ3v) is 3.99. The van der Waals surface area contributed by atoms with Crippen LogP contribution in [0.25, 0.3) is 11.3 Å². The van der Waals surface area contributed by atoms with E-state index in [1.165, 1.54) is 6.20 Å². The highest BCUT2D eigenvalue weighted by Gasteiger charge is 2.31. The molecule has 8 nitrogen and oxygen atoms in total. The van der Waals surface area contributed by atoms with Crippen LogP contribution in [0.4, 0.5) is 5.69 Å². The summed E-state index contributed by atoms with van der Waals surface area (Å²) in [5.41, 5.74) is 0.455. The van der Waals surface area contributed by atoms with Gasteiger partial charge in [0.05, 0.1) is 11.3 Å². The van der Waals surface area contributed by atoms with Crippen LogP contribution in [-0.2, 0) is 0 Å². The standard InChI is InChI=1S/C15H16N6O2/c1-15(2)3-4-21(8-15)12-5-10(19-20-11(12)6-16)9-7-17-14(23)18-13(9)22/h5,7H,3-4,8H2,1-2H3,(H2,17,18,22,23). The summed E-state index contributed by atoms with van der Waals surface area (Å²) in [6.45, 7) is 5.95. The van der Waals surface area contributed by atoms with Gasteiger partial charge < -0.3 is 9.88 Å². The van der Waals surface area contributed by atoms with E-state index < -0.39 is 11.2 Å². The maximum atomic E-state index is 11.9. The predicted octanol–water partition coefficient (Wildman–Crippen LogP) is 0.628. The number of nitrogens with one attached hydrogen (secondary N) is 2.